The lowest BCUT2D eigenvalue weighted by atomic mass is 10.0. The van der Waals surface area contributed by atoms with Crippen LogP contribution in [0.3, 0.4) is 0 Å². The summed E-state index contributed by atoms with van der Waals surface area (Å²) >= 11 is 0. The average Bonchev–Trinajstić information content (AvgIpc) is 3.24. The zero-order valence-electron chi connectivity index (χ0n) is 39.8. The Morgan fingerprint density at radius 3 is 1.35 bits per heavy atom. The molecule has 0 fully saturated rings. The Labute approximate surface area is 372 Å². The molecular formula is C54H99NO5. The number of aliphatic hydroxyl groups excluding tert-OH is 2. The topological polar surface area (TPSA) is 95.9 Å². The number of aliphatic hydroxyl groups is 2. The summed E-state index contributed by atoms with van der Waals surface area (Å²) in [5.74, 6) is -0.511. The molecule has 0 aliphatic carbocycles. The third-order valence-corrected chi connectivity index (χ3v) is 11.8. The predicted octanol–water partition coefficient (Wildman–Crippen LogP) is 15.5. The van der Waals surface area contributed by atoms with E-state index in [1.165, 1.54) is 148 Å². The average molecular weight is 842 g/mol. The van der Waals surface area contributed by atoms with Gasteiger partial charge >= 0.3 is 5.97 Å². The van der Waals surface area contributed by atoms with E-state index in [-0.39, 0.29) is 24.9 Å². The monoisotopic (exact) mass is 842 g/mol. The first-order valence-corrected chi connectivity index (χ1v) is 25.9. The van der Waals surface area contributed by atoms with Crippen LogP contribution in [-0.4, -0.2) is 46.9 Å². The fourth-order valence-electron chi connectivity index (χ4n) is 7.85. The Hall–Kier alpha value is -2.18. The van der Waals surface area contributed by atoms with Crippen LogP contribution in [0.1, 0.15) is 258 Å². The third kappa shape index (κ3) is 42.5. The summed E-state index contributed by atoms with van der Waals surface area (Å²) in [5, 5.41) is 23.8. The van der Waals surface area contributed by atoms with Crippen molar-refractivity contribution in [1.29, 1.82) is 0 Å². The Kier molecular flexibility index (Phi) is 46.1. The van der Waals surface area contributed by atoms with Gasteiger partial charge in [0.25, 0.3) is 0 Å². The van der Waals surface area contributed by atoms with Gasteiger partial charge in [-0.1, -0.05) is 249 Å². The SMILES string of the molecule is CC/C=C/C=C/C=C\C=C/CCCCCC(=O)OC(CCCCCCCCCCCCCCCCCC)CC(=O)NC(CO)C(O)CCCCCCCCCCCCCC. The summed E-state index contributed by atoms with van der Waals surface area (Å²) in [4.78, 5) is 26.1. The van der Waals surface area contributed by atoms with Gasteiger partial charge < -0.3 is 20.3 Å². The van der Waals surface area contributed by atoms with Crippen molar-refractivity contribution >= 4 is 11.9 Å². The minimum Gasteiger partial charge on any atom is -0.462 e. The summed E-state index contributed by atoms with van der Waals surface area (Å²) < 4.78 is 5.92. The number of rotatable bonds is 46. The Balaban J connectivity index is 4.62. The van der Waals surface area contributed by atoms with Crippen LogP contribution in [0.4, 0.5) is 0 Å². The molecule has 3 N–H and O–H groups in total. The minimum absolute atomic E-state index is 0.0642. The molecule has 0 aromatic carbocycles. The molecular weight excluding hydrogens is 743 g/mol. The van der Waals surface area contributed by atoms with Gasteiger partial charge in [-0.25, -0.2) is 0 Å². The predicted molar refractivity (Wildman–Crippen MR) is 259 cm³/mol. The van der Waals surface area contributed by atoms with Gasteiger partial charge in [-0.2, -0.15) is 0 Å². The van der Waals surface area contributed by atoms with Gasteiger partial charge in [0.15, 0.2) is 0 Å². The molecule has 6 nitrogen and oxygen atoms in total. The highest BCUT2D eigenvalue weighted by Crippen LogP contribution is 2.18. The molecule has 0 aliphatic rings. The smallest absolute Gasteiger partial charge is 0.306 e. The largest absolute Gasteiger partial charge is 0.462 e. The third-order valence-electron chi connectivity index (χ3n) is 11.8. The van der Waals surface area contributed by atoms with Crippen LogP contribution < -0.4 is 5.32 Å². The number of carbonyl (C=O) groups is 2. The van der Waals surface area contributed by atoms with Crippen molar-refractivity contribution in [2.24, 2.45) is 0 Å². The van der Waals surface area contributed by atoms with Gasteiger partial charge in [0.1, 0.15) is 6.10 Å². The molecule has 6 heteroatoms. The lowest BCUT2D eigenvalue weighted by molar-refractivity contribution is -0.151. The maximum atomic E-state index is 13.2. The van der Waals surface area contributed by atoms with Crippen molar-refractivity contribution in [2.75, 3.05) is 6.61 Å². The van der Waals surface area contributed by atoms with Crippen molar-refractivity contribution in [3.63, 3.8) is 0 Å². The standard InChI is InChI=1S/C54H99NO5/c1-4-7-10-13-16-19-22-25-26-27-29-30-33-36-39-42-45-50(60-54(59)47-44-41-38-35-32-28-23-20-17-14-11-8-5-2)48-53(58)55-51(49-56)52(57)46-43-40-37-34-31-24-21-18-15-12-9-6-3/h8,11,14,17,20,23,28,32,50-52,56-57H,4-7,9-10,12-13,15-16,18-19,21-22,24-27,29-31,33-49H2,1-3H3,(H,55,58)/b11-8+,17-14+,23-20-,32-28-. The van der Waals surface area contributed by atoms with Crippen LogP contribution in [-0.2, 0) is 14.3 Å². The number of allylic oxidation sites excluding steroid dienone is 8. The van der Waals surface area contributed by atoms with Crippen molar-refractivity contribution < 1.29 is 24.5 Å². The quantitative estimate of drug-likeness (QED) is 0.0322. The molecule has 0 radical (unpaired) electrons. The van der Waals surface area contributed by atoms with Crippen LogP contribution in [0.2, 0.25) is 0 Å². The number of esters is 1. The number of ether oxygens (including phenoxy) is 1. The highest BCUT2D eigenvalue weighted by Gasteiger charge is 2.24. The van der Waals surface area contributed by atoms with Gasteiger partial charge in [0, 0.05) is 6.42 Å². The van der Waals surface area contributed by atoms with Gasteiger partial charge in [0.05, 0.1) is 25.2 Å². The van der Waals surface area contributed by atoms with Crippen molar-refractivity contribution in [3.05, 3.63) is 48.6 Å². The lowest BCUT2D eigenvalue weighted by Gasteiger charge is -2.24. The van der Waals surface area contributed by atoms with Crippen molar-refractivity contribution in [1.82, 2.24) is 5.32 Å². The molecule has 0 bridgehead atoms. The molecule has 1 amide bonds. The van der Waals surface area contributed by atoms with Gasteiger partial charge in [-0.15, -0.1) is 0 Å². The number of nitrogens with one attached hydrogen (secondary N) is 1. The van der Waals surface area contributed by atoms with E-state index in [1.54, 1.807) is 0 Å². The maximum Gasteiger partial charge on any atom is 0.306 e. The van der Waals surface area contributed by atoms with E-state index in [1.807, 2.05) is 24.3 Å². The van der Waals surface area contributed by atoms with E-state index in [0.717, 1.165) is 64.2 Å². The first kappa shape index (κ1) is 57.8. The molecule has 0 heterocycles. The summed E-state index contributed by atoms with van der Waals surface area (Å²) in [6, 6.07) is -0.707. The van der Waals surface area contributed by atoms with Crippen LogP contribution in [0.25, 0.3) is 0 Å². The summed E-state index contributed by atoms with van der Waals surface area (Å²) in [6.45, 7) is 6.35. The van der Waals surface area contributed by atoms with Gasteiger partial charge in [-0.05, 0) is 44.9 Å². The second kappa shape index (κ2) is 47.9. The van der Waals surface area contributed by atoms with Crippen LogP contribution in [0.5, 0.6) is 0 Å². The van der Waals surface area contributed by atoms with E-state index in [0.29, 0.717) is 19.3 Å². The van der Waals surface area contributed by atoms with Crippen LogP contribution >= 0.6 is 0 Å². The van der Waals surface area contributed by atoms with Crippen LogP contribution in [0.15, 0.2) is 48.6 Å². The Morgan fingerprint density at radius 2 is 0.900 bits per heavy atom. The van der Waals surface area contributed by atoms with E-state index < -0.39 is 18.2 Å². The molecule has 0 rings (SSSR count). The highest BCUT2D eigenvalue weighted by molar-refractivity contribution is 5.77. The van der Waals surface area contributed by atoms with E-state index >= 15 is 0 Å². The zero-order chi connectivity index (χ0) is 43.8. The summed E-state index contributed by atoms with van der Waals surface area (Å²) in [7, 11) is 0. The van der Waals surface area contributed by atoms with E-state index in [4.69, 9.17) is 4.74 Å². The summed E-state index contributed by atoms with van der Waals surface area (Å²) in [5.41, 5.74) is 0. The number of amides is 1. The molecule has 0 aromatic heterocycles. The Morgan fingerprint density at radius 1 is 0.500 bits per heavy atom. The normalized spacial score (nSPS) is 13.6. The molecule has 60 heavy (non-hydrogen) atoms. The fourth-order valence-corrected chi connectivity index (χ4v) is 7.85. The lowest BCUT2D eigenvalue weighted by Crippen LogP contribution is -2.46. The zero-order valence-corrected chi connectivity index (χ0v) is 39.8. The van der Waals surface area contributed by atoms with Crippen molar-refractivity contribution in [2.45, 2.75) is 277 Å². The van der Waals surface area contributed by atoms with Crippen molar-refractivity contribution in [3.8, 4) is 0 Å². The molecule has 0 aliphatic heterocycles. The molecule has 0 spiro atoms. The van der Waals surface area contributed by atoms with Gasteiger partial charge in [-0.3, -0.25) is 9.59 Å². The minimum atomic E-state index is -0.793. The van der Waals surface area contributed by atoms with E-state index in [2.05, 4.69) is 50.4 Å². The number of hydrogen-bond donors (Lipinski definition) is 3. The first-order chi connectivity index (χ1) is 29.5. The fraction of sp³-hybridized carbons (Fsp3) is 0.815. The van der Waals surface area contributed by atoms with Crippen LogP contribution in [0, 0.1) is 0 Å². The molecule has 350 valence electrons. The first-order valence-electron chi connectivity index (χ1n) is 25.9. The maximum absolute atomic E-state index is 13.2. The highest BCUT2D eigenvalue weighted by atomic mass is 16.5. The second-order valence-corrected chi connectivity index (χ2v) is 17.6. The number of carbonyl (C=O) groups excluding carboxylic acids is 2. The molecule has 3 atom stereocenters. The molecule has 0 saturated carbocycles. The second-order valence-electron chi connectivity index (χ2n) is 17.6. The molecule has 0 aromatic rings. The Bertz CT molecular complexity index is 1040. The van der Waals surface area contributed by atoms with Gasteiger partial charge in [0.2, 0.25) is 5.91 Å². The number of hydrogen-bond acceptors (Lipinski definition) is 5. The summed E-state index contributed by atoms with van der Waals surface area (Å²) in [6.07, 6.45) is 57.4. The van der Waals surface area contributed by atoms with E-state index in [9.17, 15) is 19.8 Å². The molecule has 0 saturated heterocycles. The number of unbranched alkanes of at least 4 members (excludes halogenated alkanes) is 29. The molecule has 3 unspecified atom stereocenters.